The van der Waals surface area contributed by atoms with Gasteiger partial charge in [0.1, 0.15) is 0 Å². The summed E-state index contributed by atoms with van der Waals surface area (Å²) in [5.41, 5.74) is 2.06. The van der Waals surface area contributed by atoms with Crippen LogP contribution in [0.3, 0.4) is 0 Å². The number of hydrogen-bond acceptors (Lipinski definition) is 3. The minimum Gasteiger partial charge on any atom is -0.338 e. The Kier molecular flexibility index (Phi) is 7.95. The Balaban J connectivity index is 1.70. The van der Waals surface area contributed by atoms with Gasteiger partial charge in [-0.2, -0.15) is 5.26 Å². The van der Waals surface area contributed by atoms with E-state index in [1.54, 1.807) is 35.2 Å². The topological polar surface area (TPSA) is 64.4 Å². The average Bonchev–Trinajstić information content (AvgIpc) is 2.80. The fourth-order valence-electron chi connectivity index (χ4n) is 3.88. The Morgan fingerprint density at radius 3 is 2.55 bits per heavy atom. The Morgan fingerprint density at radius 2 is 1.90 bits per heavy atom. The van der Waals surface area contributed by atoms with Crippen molar-refractivity contribution in [2.24, 2.45) is 5.92 Å². The number of piperidine rings is 1. The highest BCUT2D eigenvalue weighted by Gasteiger charge is 2.31. The molecule has 1 heterocycles. The molecule has 5 nitrogen and oxygen atoms in total. The summed E-state index contributed by atoms with van der Waals surface area (Å²) in [7, 11) is 0. The smallest absolute Gasteiger partial charge is 0.253 e. The number of rotatable bonds is 6. The van der Waals surface area contributed by atoms with Gasteiger partial charge in [-0.25, -0.2) is 0 Å². The Hall–Kier alpha value is -2.55. The van der Waals surface area contributed by atoms with E-state index in [0.29, 0.717) is 47.4 Å². The SMILES string of the molecule is CCCN(Cc1ccc(C#N)cc1)C(=O)C1CCCN(C(=O)c2ccc(Cl)c(Cl)c2)C1. The number of carbonyl (C=O) groups is 2. The van der Waals surface area contributed by atoms with Gasteiger partial charge < -0.3 is 9.80 Å². The first-order valence-electron chi connectivity index (χ1n) is 10.4. The lowest BCUT2D eigenvalue weighted by Crippen LogP contribution is -2.46. The molecule has 2 aromatic rings. The van der Waals surface area contributed by atoms with E-state index in [1.807, 2.05) is 24.0 Å². The summed E-state index contributed by atoms with van der Waals surface area (Å²) >= 11 is 12.0. The molecular formula is C24H25Cl2N3O2. The van der Waals surface area contributed by atoms with Crippen molar-refractivity contribution in [2.45, 2.75) is 32.7 Å². The molecule has 0 saturated carbocycles. The van der Waals surface area contributed by atoms with Crippen LogP contribution in [-0.2, 0) is 11.3 Å². The van der Waals surface area contributed by atoms with Crippen molar-refractivity contribution in [3.8, 4) is 6.07 Å². The number of carbonyl (C=O) groups excluding carboxylic acids is 2. The van der Waals surface area contributed by atoms with Crippen LogP contribution in [0.1, 0.15) is 47.7 Å². The van der Waals surface area contributed by atoms with E-state index >= 15 is 0 Å². The van der Waals surface area contributed by atoms with Gasteiger partial charge >= 0.3 is 0 Å². The third kappa shape index (κ3) is 5.78. The van der Waals surface area contributed by atoms with E-state index in [0.717, 1.165) is 24.8 Å². The molecule has 1 fully saturated rings. The highest BCUT2D eigenvalue weighted by atomic mass is 35.5. The quantitative estimate of drug-likeness (QED) is 0.601. The van der Waals surface area contributed by atoms with Crippen molar-refractivity contribution in [1.82, 2.24) is 9.80 Å². The van der Waals surface area contributed by atoms with Crippen molar-refractivity contribution < 1.29 is 9.59 Å². The maximum Gasteiger partial charge on any atom is 0.253 e. The highest BCUT2D eigenvalue weighted by molar-refractivity contribution is 6.42. The van der Waals surface area contributed by atoms with Gasteiger partial charge in [0, 0.05) is 31.7 Å². The zero-order valence-corrected chi connectivity index (χ0v) is 19.0. The van der Waals surface area contributed by atoms with Crippen LogP contribution < -0.4 is 0 Å². The molecule has 0 radical (unpaired) electrons. The molecule has 1 unspecified atom stereocenters. The summed E-state index contributed by atoms with van der Waals surface area (Å²) in [4.78, 5) is 29.9. The van der Waals surface area contributed by atoms with Crippen LogP contribution in [0.15, 0.2) is 42.5 Å². The third-order valence-electron chi connectivity index (χ3n) is 5.49. The number of halogens is 2. The highest BCUT2D eigenvalue weighted by Crippen LogP contribution is 2.26. The number of likely N-dealkylation sites (tertiary alicyclic amines) is 1. The first-order valence-corrected chi connectivity index (χ1v) is 11.2. The summed E-state index contributed by atoms with van der Waals surface area (Å²) in [5, 5.41) is 9.72. The summed E-state index contributed by atoms with van der Waals surface area (Å²) in [6, 6.07) is 14.3. The molecule has 0 N–H and O–H groups in total. The minimum atomic E-state index is -0.231. The van der Waals surface area contributed by atoms with Crippen LogP contribution >= 0.6 is 23.2 Å². The van der Waals surface area contributed by atoms with Crippen LogP contribution in [0.5, 0.6) is 0 Å². The van der Waals surface area contributed by atoms with Gasteiger partial charge in [0.2, 0.25) is 5.91 Å². The lowest BCUT2D eigenvalue weighted by molar-refractivity contribution is -0.137. The van der Waals surface area contributed by atoms with Crippen LogP contribution in [-0.4, -0.2) is 41.2 Å². The normalized spacial score (nSPS) is 15.9. The van der Waals surface area contributed by atoms with Crippen LogP contribution in [0.4, 0.5) is 0 Å². The molecule has 7 heteroatoms. The molecule has 0 aliphatic carbocycles. The average molecular weight is 458 g/mol. The van der Waals surface area contributed by atoms with Gasteiger partial charge in [-0.05, 0) is 55.2 Å². The molecule has 0 bridgehead atoms. The molecular weight excluding hydrogens is 433 g/mol. The van der Waals surface area contributed by atoms with Crippen molar-refractivity contribution in [3.05, 3.63) is 69.2 Å². The molecule has 1 saturated heterocycles. The van der Waals surface area contributed by atoms with Crippen molar-refractivity contribution in [2.75, 3.05) is 19.6 Å². The van der Waals surface area contributed by atoms with E-state index in [1.165, 1.54) is 0 Å². The largest absolute Gasteiger partial charge is 0.338 e. The maximum absolute atomic E-state index is 13.3. The lowest BCUT2D eigenvalue weighted by Gasteiger charge is -2.35. The third-order valence-corrected chi connectivity index (χ3v) is 6.23. The number of amides is 2. The van der Waals surface area contributed by atoms with Crippen molar-refractivity contribution >= 4 is 35.0 Å². The van der Waals surface area contributed by atoms with E-state index in [-0.39, 0.29) is 17.7 Å². The predicted octanol–water partition coefficient (Wildman–Crippen LogP) is 5.16. The number of nitrogens with zero attached hydrogens (tertiary/aromatic N) is 3. The molecule has 1 aliphatic heterocycles. The number of benzene rings is 2. The molecule has 0 aromatic heterocycles. The number of nitriles is 1. The van der Waals surface area contributed by atoms with Crippen molar-refractivity contribution in [3.63, 3.8) is 0 Å². The van der Waals surface area contributed by atoms with E-state index < -0.39 is 0 Å². The second kappa shape index (κ2) is 10.7. The lowest BCUT2D eigenvalue weighted by atomic mass is 9.95. The molecule has 2 aromatic carbocycles. The molecule has 1 atom stereocenters. The molecule has 3 rings (SSSR count). The van der Waals surface area contributed by atoms with Crippen LogP contribution in [0, 0.1) is 17.2 Å². The Labute approximate surface area is 193 Å². The monoisotopic (exact) mass is 457 g/mol. The molecule has 2 amide bonds. The zero-order valence-electron chi connectivity index (χ0n) is 17.5. The number of hydrogen-bond donors (Lipinski definition) is 0. The summed E-state index contributed by atoms with van der Waals surface area (Å²) in [5.74, 6) is -0.298. The molecule has 1 aliphatic rings. The second-order valence-electron chi connectivity index (χ2n) is 7.79. The Bertz CT molecular complexity index is 985. The van der Waals surface area contributed by atoms with Gasteiger partial charge in [0.25, 0.3) is 5.91 Å². The summed E-state index contributed by atoms with van der Waals surface area (Å²) in [6.07, 6.45) is 2.39. The molecule has 0 spiro atoms. The van der Waals surface area contributed by atoms with Gasteiger partial charge in [0.05, 0.1) is 27.6 Å². The van der Waals surface area contributed by atoms with E-state index in [9.17, 15) is 9.59 Å². The van der Waals surface area contributed by atoms with Crippen molar-refractivity contribution in [1.29, 1.82) is 5.26 Å². The molecule has 162 valence electrons. The van der Waals surface area contributed by atoms with Gasteiger partial charge in [-0.15, -0.1) is 0 Å². The Morgan fingerprint density at radius 1 is 1.16 bits per heavy atom. The predicted molar refractivity (Wildman–Crippen MR) is 122 cm³/mol. The summed E-state index contributed by atoms with van der Waals surface area (Å²) < 4.78 is 0. The fourth-order valence-corrected chi connectivity index (χ4v) is 4.17. The van der Waals surface area contributed by atoms with Gasteiger partial charge in [-0.3, -0.25) is 9.59 Å². The first-order chi connectivity index (χ1) is 14.9. The van der Waals surface area contributed by atoms with Crippen LogP contribution in [0.2, 0.25) is 10.0 Å². The zero-order chi connectivity index (χ0) is 22.4. The standard InChI is InChI=1S/C24H25Cl2N3O2/c1-2-11-28(15-18-7-5-17(14-27)6-8-18)24(31)20-4-3-12-29(16-20)23(30)19-9-10-21(25)22(26)13-19/h5-10,13,20H,2-4,11-12,15-16H2,1H3. The maximum atomic E-state index is 13.3. The first kappa shape index (κ1) is 23.1. The molecule has 31 heavy (non-hydrogen) atoms. The van der Waals surface area contributed by atoms with Gasteiger partial charge in [0.15, 0.2) is 0 Å². The minimum absolute atomic E-state index is 0.0675. The van der Waals surface area contributed by atoms with Crippen LogP contribution in [0.25, 0.3) is 0 Å². The fraction of sp³-hybridized carbons (Fsp3) is 0.375. The summed E-state index contributed by atoms with van der Waals surface area (Å²) in [6.45, 7) is 4.20. The van der Waals surface area contributed by atoms with E-state index in [2.05, 4.69) is 6.07 Å². The second-order valence-corrected chi connectivity index (χ2v) is 8.60. The van der Waals surface area contributed by atoms with Gasteiger partial charge in [-0.1, -0.05) is 42.3 Å². The van der Waals surface area contributed by atoms with E-state index in [4.69, 9.17) is 28.5 Å².